The Kier molecular flexibility index (Phi) is 4.11. The van der Waals surface area contributed by atoms with Crippen molar-refractivity contribution in [1.82, 2.24) is 5.32 Å². The molecule has 3 heteroatoms. The highest BCUT2D eigenvalue weighted by Crippen LogP contribution is 2.34. The second-order valence-corrected chi connectivity index (χ2v) is 5.23. The highest BCUT2D eigenvalue weighted by molar-refractivity contribution is 5.39. The fraction of sp³-hybridized carbons (Fsp3) is 0.333. The van der Waals surface area contributed by atoms with Gasteiger partial charge in [0.15, 0.2) is 6.10 Å². The largest absolute Gasteiger partial charge is 0.489 e. The Bertz CT molecular complexity index is 612. The van der Waals surface area contributed by atoms with Crippen LogP contribution in [0, 0.1) is 0 Å². The second-order valence-electron chi connectivity index (χ2n) is 5.23. The van der Waals surface area contributed by atoms with E-state index in [9.17, 15) is 0 Å². The summed E-state index contributed by atoms with van der Waals surface area (Å²) in [7, 11) is 1.97. The van der Waals surface area contributed by atoms with Crippen LogP contribution in [0.25, 0.3) is 0 Å². The molecular formula is C18H21NO2. The van der Waals surface area contributed by atoms with Crippen LogP contribution < -0.4 is 14.8 Å². The topological polar surface area (TPSA) is 30.5 Å². The van der Waals surface area contributed by atoms with Gasteiger partial charge >= 0.3 is 0 Å². The zero-order chi connectivity index (χ0) is 14.7. The van der Waals surface area contributed by atoms with Gasteiger partial charge in [-0.05, 0) is 31.2 Å². The average Bonchev–Trinajstić information content (AvgIpc) is 2.55. The maximum absolute atomic E-state index is 6.25. The number of hydrogen-bond donors (Lipinski definition) is 1. The van der Waals surface area contributed by atoms with Gasteiger partial charge in [-0.15, -0.1) is 0 Å². The van der Waals surface area contributed by atoms with Gasteiger partial charge in [0.1, 0.15) is 18.1 Å². The first-order chi connectivity index (χ1) is 10.3. The Morgan fingerprint density at radius 2 is 1.90 bits per heavy atom. The standard InChI is InChI=1S/C18H21NO2/c1-3-13-8-4-6-10-15(13)21-17-12-20-16-11-7-5-9-14(16)18(17)19-2/h4-11,17-19H,3,12H2,1-2H3. The molecule has 21 heavy (non-hydrogen) atoms. The molecule has 0 aromatic heterocycles. The average molecular weight is 283 g/mol. The van der Waals surface area contributed by atoms with E-state index < -0.39 is 0 Å². The van der Waals surface area contributed by atoms with Gasteiger partial charge in [0, 0.05) is 5.56 Å². The third kappa shape index (κ3) is 2.74. The predicted molar refractivity (Wildman–Crippen MR) is 84.0 cm³/mol. The quantitative estimate of drug-likeness (QED) is 0.933. The number of benzene rings is 2. The Morgan fingerprint density at radius 3 is 2.71 bits per heavy atom. The number of nitrogens with one attached hydrogen (secondary N) is 1. The first-order valence-electron chi connectivity index (χ1n) is 7.47. The molecule has 0 saturated heterocycles. The van der Waals surface area contributed by atoms with E-state index in [1.54, 1.807) is 0 Å². The summed E-state index contributed by atoms with van der Waals surface area (Å²) in [4.78, 5) is 0. The molecular weight excluding hydrogens is 262 g/mol. The highest BCUT2D eigenvalue weighted by Gasteiger charge is 2.31. The van der Waals surface area contributed by atoms with E-state index in [1.807, 2.05) is 43.4 Å². The number of ether oxygens (including phenoxy) is 2. The van der Waals surface area contributed by atoms with Crippen molar-refractivity contribution in [3.8, 4) is 11.5 Å². The van der Waals surface area contributed by atoms with Crippen molar-refractivity contribution in [1.29, 1.82) is 0 Å². The SMILES string of the molecule is CCc1ccccc1OC1COc2ccccc2C1NC. The van der Waals surface area contributed by atoms with Crippen molar-refractivity contribution in [2.75, 3.05) is 13.7 Å². The normalized spacial score (nSPS) is 20.5. The first kappa shape index (κ1) is 14.0. The summed E-state index contributed by atoms with van der Waals surface area (Å²) < 4.78 is 12.1. The molecule has 0 saturated carbocycles. The van der Waals surface area contributed by atoms with Gasteiger partial charge in [-0.2, -0.15) is 0 Å². The summed E-state index contributed by atoms with van der Waals surface area (Å²) in [6.07, 6.45) is 0.933. The van der Waals surface area contributed by atoms with E-state index in [-0.39, 0.29) is 12.1 Å². The molecule has 0 fully saturated rings. The molecule has 0 aliphatic carbocycles. The second kappa shape index (κ2) is 6.19. The molecule has 2 aromatic rings. The Labute approximate surface area is 125 Å². The zero-order valence-electron chi connectivity index (χ0n) is 12.5. The smallest absolute Gasteiger partial charge is 0.152 e. The van der Waals surface area contributed by atoms with Gasteiger partial charge in [-0.3, -0.25) is 0 Å². The number of fused-ring (bicyclic) bond motifs is 1. The fourth-order valence-electron chi connectivity index (χ4n) is 2.85. The molecule has 2 aromatic carbocycles. The lowest BCUT2D eigenvalue weighted by molar-refractivity contribution is 0.0766. The molecule has 3 rings (SSSR count). The molecule has 3 nitrogen and oxygen atoms in total. The third-order valence-electron chi connectivity index (χ3n) is 3.97. The van der Waals surface area contributed by atoms with Crippen LogP contribution in [0.1, 0.15) is 24.1 Å². The van der Waals surface area contributed by atoms with E-state index in [1.165, 1.54) is 5.56 Å². The van der Waals surface area contributed by atoms with Crippen LogP contribution in [-0.4, -0.2) is 19.8 Å². The maximum Gasteiger partial charge on any atom is 0.152 e. The summed E-state index contributed by atoms with van der Waals surface area (Å²) in [5, 5.41) is 3.36. The summed E-state index contributed by atoms with van der Waals surface area (Å²) in [6.45, 7) is 2.70. The van der Waals surface area contributed by atoms with Gasteiger partial charge in [-0.25, -0.2) is 0 Å². The molecule has 0 radical (unpaired) electrons. The van der Waals surface area contributed by atoms with Crippen molar-refractivity contribution in [2.45, 2.75) is 25.5 Å². The van der Waals surface area contributed by atoms with Gasteiger partial charge in [0.05, 0.1) is 6.04 Å². The summed E-state index contributed by atoms with van der Waals surface area (Å²) >= 11 is 0. The number of hydrogen-bond acceptors (Lipinski definition) is 3. The number of likely N-dealkylation sites (N-methyl/N-ethyl adjacent to an activating group) is 1. The number of para-hydroxylation sites is 2. The van der Waals surface area contributed by atoms with Gasteiger partial charge in [0.2, 0.25) is 0 Å². The van der Waals surface area contributed by atoms with Crippen LogP contribution >= 0.6 is 0 Å². The monoisotopic (exact) mass is 283 g/mol. The molecule has 1 heterocycles. The highest BCUT2D eigenvalue weighted by atomic mass is 16.5. The van der Waals surface area contributed by atoms with E-state index in [0.29, 0.717) is 6.61 Å². The van der Waals surface area contributed by atoms with Crippen LogP contribution in [-0.2, 0) is 6.42 Å². The Balaban J connectivity index is 1.86. The van der Waals surface area contributed by atoms with Crippen LogP contribution in [0.15, 0.2) is 48.5 Å². The molecule has 0 spiro atoms. The van der Waals surface area contributed by atoms with Gasteiger partial charge < -0.3 is 14.8 Å². The van der Waals surface area contributed by atoms with Crippen LogP contribution in [0.3, 0.4) is 0 Å². The molecule has 2 unspecified atom stereocenters. The minimum absolute atomic E-state index is 0.0300. The van der Waals surface area contributed by atoms with Gasteiger partial charge in [0.25, 0.3) is 0 Å². The summed E-state index contributed by atoms with van der Waals surface area (Å²) in [5.74, 6) is 1.90. The molecule has 110 valence electrons. The fourth-order valence-corrected chi connectivity index (χ4v) is 2.85. The Morgan fingerprint density at radius 1 is 1.14 bits per heavy atom. The molecule has 0 amide bonds. The van der Waals surface area contributed by atoms with E-state index in [4.69, 9.17) is 9.47 Å². The molecule has 0 bridgehead atoms. The van der Waals surface area contributed by atoms with E-state index in [2.05, 4.69) is 24.4 Å². The molecule has 1 aliphatic rings. The lowest BCUT2D eigenvalue weighted by Gasteiger charge is -2.34. The van der Waals surface area contributed by atoms with Gasteiger partial charge in [-0.1, -0.05) is 43.3 Å². The first-order valence-corrected chi connectivity index (χ1v) is 7.47. The third-order valence-corrected chi connectivity index (χ3v) is 3.97. The maximum atomic E-state index is 6.25. The lowest BCUT2D eigenvalue weighted by Crippen LogP contribution is -2.41. The van der Waals surface area contributed by atoms with Crippen molar-refractivity contribution in [2.24, 2.45) is 0 Å². The summed E-state index contributed by atoms with van der Waals surface area (Å²) in [6, 6.07) is 16.5. The predicted octanol–water partition coefficient (Wildman–Crippen LogP) is 3.35. The van der Waals surface area contributed by atoms with Crippen molar-refractivity contribution in [3.63, 3.8) is 0 Å². The van der Waals surface area contributed by atoms with Crippen molar-refractivity contribution >= 4 is 0 Å². The van der Waals surface area contributed by atoms with E-state index >= 15 is 0 Å². The zero-order valence-corrected chi connectivity index (χ0v) is 12.5. The van der Waals surface area contributed by atoms with E-state index in [0.717, 1.165) is 23.5 Å². The lowest BCUT2D eigenvalue weighted by atomic mass is 9.98. The minimum atomic E-state index is -0.0300. The number of rotatable bonds is 4. The van der Waals surface area contributed by atoms with Crippen molar-refractivity contribution < 1.29 is 9.47 Å². The van der Waals surface area contributed by atoms with Crippen LogP contribution in [0.5, 0.6) is 11.5 Å². The van der Waals surface area contributed by atoms with Crippen molar-refractivity contribution in [3.05, 3.63) is 59.7 Å². The number of aryl methyl sites for hydroxylation is 1. The minimum Gasteiger partial charge on any atom is -0.489 e. The molecule has 2 atom stereocenters. The Hall–Kier alpha value is -2.00. The van der Waals surface area contributed by atoms with Crippen LogP contribution in [0.2, 0.25) is 0 Å². The molecule has 1 aliphatic heterocycles. The van der Waals surface area contributed by atoms with Crippen LogP contribution in [0.4, 0.5) is 0 Å². The summed E-state index contributed by atoms with van der Waals surface area (Å²) in [5.41, 5.74) is 2.39. The molecule has 1 N–H and O–H groups in total.